The fourth-order valence-electron chi connectivity index (χ4n) is 7.30. The minimum Gasteiger partial charge on any atom is -0.544 e. The number of aliphatic hydroxyl groups excluding tert-OH is 3. The predicted molar refractivity (Wildman–Crippen MR) is 249 cm³/mol. The van der Waals surface area contributed by atoms with E-state index in [1.165, 1.54) is 25.3 Å². The predicted octanol–water partition coefficient (Wildman–Crippen LogP) is 8.88. The van der Waals surface area contributed by atoms with Gasteiger partial charge >= 0.3 is 10.1 Å². The van der Waals surface area contributed by atoms with E-state index in [4.69, 9.17) is 17.8 Å². The van der Waals surface area contributed by atoms with Gasteiger partial charge in [-0.05, 0) is 88.0 Å². The fraction of sp³-hybridized carbons (Fsp3) is 0.388. The van der Waals surface area contributed by atoms with E-state index in [2.05, 4.69) is 78.9 Å². The molecule has 0 aliphatic carbocycles. The minimum absolute atomic E-state index is 0.000928. The van der Waals surface area contributed by atoms with Gasteiger partial charge in [0.2, 0.25) is 8.32 Å². The molecule has 0 aliphatic rings. The lowest BCUT2D eigenvalue weighted by Crippen LogP contribution is -2.68. The Labute approximate surface area is 365 Å². The molecule has 0 amide bonds. The summed E-state index contributed by atoms with van der Waals surface area (Å²) < 4.78 is 51.4. The van der Waals surface area contributed by atoms with Gasteiger partial charge in [-0.1, -0.05) is 138 Å². The van der Waals surface area contributed by atoms with Crippen molar-refractivity contribution in [3.05, 3.63) is 144 Å². The van der Waals surface area contributed by atoms with Crippen LogP contribution in [-0.4, -0.2) is 65.8 Å². The highest BCUT2D eigenvalue weighted by Gasteiger charge is 2.52. The third-order valence-corrected chi connectivity index (χ3v) is 22.5. The van der Waals surface area contributed by atoms with E-state index >= 15 is 0 Å². The molecule has 5 aromatic rings. The molecule has 0 saturated heterocycles. The molecule has 5 rings (SSSR count). The van der Waals surface area contributed by atoms with Crippen molar-refractivity contribution in [1.82, 2.24) is 0 Å². The molecule has 9 nitrogen and oxygen atoms in total. The van der Waals surface area contributed by atoms with Crippen LogP contribution >= 0.6 is 0 Å². The zero-order valence-electron chi connectivity index (χ0n) is 37.3. The monoisotopic (exact) mass is 884 g/mol. The average molecular weight is 885 g/mol. The van der Waals surface area contributed by atoms with Gasteiger partial charge in [-0.15, -0.1) is 0 Å². The number of hydrogen-bond donors (Lipinski definition) is 3. The van der Waals surface area contributed by atoms with Crippen LogP contribution in [0.5, 0.6) is 17.2 Å². The second-order valence-corrected chi connectivity index (χ2v) is 29.0. The second kappa shape index (κ2) is 19.4. The van der Waals surface area contributed by atoms with E-state index in [0.29, 0.717) is 5.56 Å². The first kappa shape index (κ1) is 47.8. The van der Waals surface area contributed by atoms with Crippen LogP contribution < -0.4 is 23.7 Å². The SMILES string of the molecule is COc1cc([C@@H](O)C[C@@H](C[C@H](O)[C@@H](O)Cc2ccc(O[Si](C)(C)C(C)(C)C)cc2)O[Si](c2ccccc2)(c2ccccc2)C(C)(C)C)ccc1OS(=O)(=O)c1ccc(C)cc1. The van der Waals surface area contributed by atoms with Gasteiger partial charge in [0.1, 0.15) is 10.6 Å². The maximum absolute atomic E-state index is 13.2. The van der Waals surface area contributed by atoms with Crippen molar-refractivity contribution in [2.45, 2.75) is 120 Å². The van der Waals surface area contributed by atoms with Gasteiger partial charge < -0.3 is 33.1 Å². The summed E-state index contributed by atoms with van der Waals surface area (Å²) in [4.78, 5) is 0.000928. The van der Waals surface area contributed by atoms with Gasteiger partial charge in [-0.2, -0.15) is 8.42 Å². The molecule has 5 aromatic carbocycles. The number of methoxy groups -OCH3 is 1. The van der Waals surface area contributed by atoms with E-state index in [9.17, 15) is 23.7 Å². The van der Waals surface area contributed by atoms with Gasteiger partial charge in [0.25, 0.3) is 8.32 Å². The average Bonchev–Trinajstić information content (AvgIpc) is 3.20. The van der Waals surface area contributed by atoms with Crippen LogP contribution in [0.3, 0.4) is 0 Å². The molecule has 0 bridgehead atoms. The molecule has 328 valence electrons. The van der Waals surface area contributed by atoms with Gasteiger partial charge in [0.05, 0.1) is 31.5 Å². The van der Waals surface area contributed by atoms with Crippen molar-refractivity contribution >= 4 is 37.1 Å². The van der Waals surface area contributed by atoms with Crippen LogP contribution in [0.15, 0.2) is 132 Å². The van der Waals surface area contributed by atoms with Crippen LogP contribution in [0.2, 0.25) is 23.2 Å². The summed E-state index contributed by atoms with van der Waals surface area (Å²) in [6.07, 6.45) is -3.99. The molecular weight excluding hydrogens is 821 g/mol. The maximum atomic E-state index is 13.2. The summed E-state index contributed by atoms with van der Waals surface area (Å²) in [5.41, 5.74) is 2.19. The molecule has 0 heterocycles. The minimum atomic E-state index is -4.18. The van der Waals surface area contributed by atoms with Gasteiger partial charge in [0, 0.05) is 19.3 Å². The zero-order chi connectivity index (χ0) is 44.8. The summed E-state index contributed by atoms with van der Waals surface area (Å²) in [5.74, 6) is 0.868. The summed E-state index contributed by atoms with van der Waals surface area (Å²) in [5, 5.41) is 37.0. The summed E-state index contributed by atoms with van der Waals surface area (Å²) in [6.45, 7) is 19.3. The molecule has 0 aliphatic heterocycles. The van der Waals surface area contributed by atoms with Crippen LogP contribution in [0, 0.1) is 6.92 Å². The fourth-order valence-corrected chi connectivity index (χ4v) is 14.0. The van der Waals surface area contributed by atoms with Gasteiger partial charge in [-0.25, -0.2) is 0 Å². The van der Waals surface area contributed by atoms with E-state index in [1.54, 1.807) is 24.3 Å². The molecule has 4 atom stereocenters. The normalized spacial score (nSPS) is 14.8. The Kier molecular flexibility index (Phi) is 15.2. The third kappa shape index (κ3) is 11.6. The zero-order valence-corrected chi connectivity index (χ0v) is 40.1. The summed E-state index contributed by atoms with van der Waals surface area (Å²) >= 11 is 0. The lowest BCUT2D eigenvalue weighted by molar-refractivity contribution is -0.0179. The van der Waals surface area contributed by atoms with Crippen LogP contribution in [0.4, 0.5) is 0 Å². The van der Waals surface area contributed by atoms with Gasteiger partial charge in [-0.3, -0.25) is 0 Å². The Bertz CT molecular complexity index is 2230. The molecule has 0 saturated carbocycles. The topological polar surface area (TPSA) is 132 Å². The molecule has 61 heavy (non-hydrogen) atoms. The molecule has 0 unspecified atom stereocenters. The molecule has 0 aromatic heterocycles. The number of aryl methyl sites for hydroxylation is 1. The summed E-state index contributed by atoms with van der Waals surface area (Å²) in [7, 11) is -8.03. The molecule has 3 N–H and O–H groups in total. The van der Waals surface area contributed by atoms with E-state index in [-0.39, 0.29) is 40.7 Å². The molecule has 0 spiro atoms. The highest BCUT2D eigenvalue weighted by atomic mass is 32.2. The first-order valence-electron chi connectivity index (χ1n) is 20.9. The molecule has 0 radical (unpaired) electrons. The van der Waals surface area contributed by atoms with E-state index in [0.717, 1.165) is 27.2 Å². The van der Waals surface area contributed by atoms with Crippen molar-refractivity contribution in [3.8, 4) is 17.2 Å². The van der Waals surface area contributed by atoms with Crippen LogP contribution in [0.25, 0.3) is 0 Å². The highest BCUT2D eigenvalue weighted by Crippen LogP contribution is 2.41. The Hall–Kier alpha value is -4.28. The lowest BCUT2D eigenvalue weighted by atomic mass is 9.96. The molecular formula is C49H64O9SSi2. The van der Waals surface area contributed by atoms with Crippen molar-refractivity contribution in [3.63, 3.8) is 0 Å². The van der Waals surface area contributed by atoms with E-state index < -0.39 is 56.2 Å². The van der Waals surface area contributed by atoms with Gasteiger partial charge in [0.15, 0.2) is 11.5 Å². The Morgan fingerprint density at radius 3 is 1.72 bits per heavy atom. The Morgan fingerprint density at radius 2 is 1.21 bits per heavy atom. The summed E-state index contributed by atoms with van der Waals surface area (Å²) in [6, 6.07) is 38.9. The first-order chi connectivity index (χ1) is 28.6. The second-order valence-electron chi connectivity index (χ2n) is 18.5. The molecule has 0 fully saturated rings. The Balaban J connectivity index is 1.46. The smallest absolute Gasteiger partial charge is 0.339 e. The lowest BCUT2D eigenvalue weighted by Gasteiger charge is -2.46. The maximum Gasteiger partial charge on any atom is 0.339 e. The number of hydrogen-bond acceptors (Lipinski definition) is 9. The quantitative estimate of drug-likeness (QED) is 0.0584. The number of aliphatic hydroxyl groups is 3. The van der Waals surface area contributed by atoms with Crippen molar-refractivity contribution in [2.75, 3.05) is 7.11 Å². The molecule has 12 heteroatoms. The number of rotatable bonds is 18. The third-order valence-electron chi connectivity index (χ3n) is 11.8. The largest absolute Gasteiger partial charge is 0.544 e. The van der Waals surface area contributed by atoms with Crippen molar-refractivity contribution in [1.29, 1.82) is 0 Å². The standard InChI is InChI=1S/C49H64O9SSi2/c1-35-21-28-40(29-22-35)59(53,54)56-46-30-25-37(32-47(46)55-8)43(50)33-39(58-61(49(5,6)7,41-17-13-11-14-18-41)42-19-15-12-16-20-42)34-45(52)44(51)31-36-23-26-38(27-24-36)57-60(9,10)48(2,3)4/h11-30,32,39,43-45,50-52H,31,33-34H2,1-10H3/t39-,43-,44-,45-/m0/s1. The van der Waals surface area contributed by atoms with E-state index in [1.807, 2.05) is 67.6 Å². The van der Waals surface area contributed by atoms with Crippen LogP contribution in [-0.2, 0) is 21.0 Å². The van der Waals surface area contributed by atoms with Crippen molar-refractivity contribution in [2.24, 2.45) is 0 Å². The van der Waals surface area contributed by atoms with Crippen molar-refractivity contribution < 1.29 is 41.5 Å². The number of ether oxygens (including phenoxy) is 1. The first-order valence-corrected chi connectivity index (χ1v) is 27.1. The highest BCUT2D eigenvalue weighted by molar-refractivity contribution is 7.87. The Morgan fingerprint density at radius 1 is 0.656 bits per heavy atom. The number of benzene rings is 5. The van der Waals surface area contributed by atoms with Crippen LogP contribution in [0.1, 0.15) is 77.2 Å².